The predicted molar refractivity (Wildman–Crippen MR) is 64.3 cm³/mol. The average molecular weight is 231 g/mol. The molecule has 2 aromatic heterocycles. The van der Waals surface area contributed by atoms with Crippen molar-refractivity contribution in [1.29, 1.82) is 0 Å². The van der Waals surface area contributed by atoms with Gasteiger partial charge in [-0.05, 0) is 18.2 Å². The quantitative estimate of drug-likeness (QED) is 0.699. The van der Waals surface area contributed by atoms with Crippen LogP contribution in [0.2, 0.25) is 0 Å². The van der Waals surface area contributed by atoms with Crippen molar-refractivity contribution >= 4 is 27.6 Å². The number of benzene rings is 1. The zero-order chi connectivity index (χ0) is 11.1. The Hall–Kier alpha value is -1.88. The molecule has 0 spiro atoms. The van der Waals surface area contributed by atoms with Gasteiger partial charge in [0.25, 0.3) is 0 Å². The van der Waals surface area contributed by atoms with Gasteiger partial charge in [0.05, 0.1) is 5.69 Å². The maximum atomic E-state index is 5.61. The van der Waals surface area contributed by atoms with E-state index < -0.39 is 0 Å². The Morgan fingerprint density at radius 2 is 2.19 bits per heavy atom. The molecule has 0 atom stereocenters. The van der Waals surface area contributed by atoms with Crippen LogP contribution in [0.5, 0.6) is 0 Å². The van der Waals surface area contributed by atoms with E-state index in [0.29, 0.717) is 11.0 Å². The average Bonchev–Trinajstić information content (AvgIpc) is 2.81. The number of rotatable bonds is 1. The maximum Gasteiger partial charge on any atom is 0.192 e. The molecule has 3 rings (SSSR count). The normalized spacial score (nSPS) is 11.1. The monoisotopic (exact) mass is 231 g/mol. The Balaban J connectivity index is 2.17. The summed E-state index contributed by atoms with van der Waals surface area (Å²) in [6, 6.07) is 5.82. The lowest BCUT2D eigenvalue weighted by atomic mass is 10.1. The van der Waals surface area contributed by atoms with Crippen molar-refractivity contribution < 1.29 is 4.42 Å². The Bertz CT molecular complexity index is 656. The van der Waals surface area contributed by atoms with Gasteiger partial charge in [-0.2, -0.15) is 0 Å². The number of thiazole rings is 1. The molecule has 0 radical (unpaired) electrons. The van der Waals surface area contributed by atoms with Crippen molar-refractivity contribution in [2.45, 2.75) is 6.92 Å². The summed E-state index contributed by atoms with van der Waals surface area (Å²) in [5, 5.41) is 2.51. The Morgan fingerprint density at radius 1 is 1.31 bits per heavy atom. The smallest absolute Gasteiger partial charge is 0.192 e. The summed E-state index contributed by atoms with van der Waals surface area (Å²) in [4.78, 5) is 8.52. The summed E-state index contributed by atoms with van der Waals surface area (Å²) < 4.78 is 5.41. The molecule has 16 heavy (non-hydrogen) atoms. The first-order valence-electron chi connectivity index (χ1n) is 4.81. The van der Waals surface area contributed by atoms with Gasteiger partial charge < -0.3 is 10.2 Å². The van der Waals surface area contributed by atoms with E-state index >= 15 is 0 Å². The second kappa shape index (κ2) is 3.31. The van der Waals surface area contributed by atoms with Crippen LogP contribution in [0.1, 0.15) is 5.89 Å². The molecule has 2 heterocycles. The predicted octanol–water partition coefficient (Wildman–Crippen LogP) is 2.84. The van der Waals surface area contributed by atoms with Crippen LogP contribution in [0.4, 0.5) is 5.13 Å². The van der Waals surface area contributed by atoms with Crippen LogP contribution in [0, 0.1) is 6.92 Å². The molecule has 0 aliphatic carbocycles. The fourth-order valence-electron chi connectivity index (χ4n) is 1.62. The second-order valence-corrected chi connectivity index (χ2v) is 4.38. The molecular weight excluding hydrogens is 222 g/mol. The van der Waals surface area contributed by atoms with E-state index in [0.717, 1.165) is 22.4 Å². The Morgan fingerprint density at radius 3 is 2.94 bits per heavy atom. The molecule has 1 aromatic carbocycles. The molecule has 5 heteroatoms. The van der Waals surface area contributed by atoms with Gasteiger partial charge in [0.1, 0.15) is 5.52 Å². The van der Waals surface area contributed by atoms with Crippen LogP contribution in [0.3, 0.4) is 0 Å². The van der Waals surface area contributed by atoms with E-state index in [-0.39, 0.29) is 0 Å². The number of nitrogens with two attached hydrogens (primary N) is 1. The minimum atomic E-state index is 0.575. The van der Waals surface area contributed by atoms with Gasteiger partial charge in [0.2, 0.25) is 0 Å². The summed E-state index contributed by atoms with van der Waals surface area (Å²) in [6.45, 7) is 1.83. The van der Waals surface area contributed by atoms with Gasteiger partial charge in [-0.3, -0.25) is 0 Å². The summed E-state index contributed by atoms with van der Waals surface area (Å²) in [6.07, 6.45) is 0. The van der Waals surface area contributed by atoms with Gasteiger partial charge in [0, 0.05) is 17.9 Å². The number of hydrogen-bond acceptors (Lipinski definition) is 5. The van der Waals surface area contributed by atoms with Gasteiger partial charge in [-0.15, -0.1) is 11.3 Å². The number of hydrogen-bond donors (Lipinski definition) is 1. The van der Waals surface area contributed by atoms with Crippen molar-refractivity contribution in [3.63, 3.8) is 0 Å². The lowest BCUT2D eigenvalue weighted by Crippen LogP contribution is -1.82. The first kappa shape index (κ1) is 9.35. The van der Waals surface area contributed by atoms with E-state index in [1.165, 1.54) is 11.3 Å². The zero-order valence-corrected chi connectivity index (χ0v) is 9.41. The molecule has 0 unspecified atom stereocenters. The molecule has 0 saturated carbocycles. The van der Waals surface area contributed by atoms with E-state index in [1.807, 2.05) is 30.5 Å². The Labute approximate surface area is 95.7 Å². The van der Waals surface area contributed by atoms with Crippen LogP contribution < -0.4 is 5.73 Å². The van der Waals surface area contributed by atoms with E-state index in [4.69, 9.17) is 10.2 Å². The van der Waals surface area contributed by atoms with Crippen molar-refractivity contribution in [3.05, 3.63) is 29.5 Å². The molecule has 0 saturated heterocycles. The SMILES string of the molecule is Cc1nc2cc(-c3csc(N)n3)ccc2o1. The number of fused-ring (bicyclic) bond motifs is 1. The van der Waals surface area contributed by atoms with Gasteiger partial charge in [-0.25, -0.2) is 9.97 Å². The summed E-state index contributed by atoms with van der Waals surface area (Å²) >= 11 is 1.43. The molecule has 0 aliphatic heterocycles. The fraction of sp³-hybridized carbons (Fsp3) is 0.0909. The van der Waals surface area contributed by atoms with E-state index in [2.05, 4.69) is 9.97 Å². The summed E-state index contributed by atoms with van der Waals surface area (Å²) in [5.74, 6) is 0.671. The summed E-state index contributed by atoms with van der Waals surface area (Å²) in [5.41, 5.74) is 9.14. The maximum absolute atomic E-state index is 5.61. The molecule has 3 aromatic rings. The van der Waals surface area contributed by atoms with Crippen LogP contribution in [0.15, 0.2) is 28.0 Å². The summed E-state index contributed by atoms with van der Waals surface area (Å²) in [7, 11) is 0. The van der Waals surface area contributed by atoms with Crippen LogP contribution in [0.25, 0.3) is 22.4 Å². The molecular formula is C11H9N3OS. The highest BCUT2D eigenvalue weighted by atomic mass is 32.1. The van der Waals surface area contributed by atoms with Gasteiger partial charge in [-0.1, -0.05) is 0 Å². The first-order chi connectivity index (χ1) is 7.72. The van der Waals surface area contributed by atoms with Crippen molar-refractivity contribution in [2.75, 3.05) is 5.73 Å². The third kappa shape index (κ3) is 1.45. The largest absolute Gasteiger partial charge is 0.441 e. The highest BCUT2D eigenvalue weighted by Crippen LogP contribution is 2.26. The number of aromatic nitrogens is 2. The zero-order valence-electron chi connectivity index (χ0n) is 8.60. The molecule has 0 amide bonds. The van der Waals surface area contributed by atoms with Crippen molar-refractivity contribution in [2.24, 2.45) is 0 Å². The fourth-order valence-corrected chi connectivity index (χ4v) is 2.19. The van der Waals surface area contributed by atoms with Crippen molar-refractivity contribution in [3.8, 4) is 11.3 Å². The molecule has 4 nitrogen and oxygen atoms in total. The third-order valence-corrected chi connectivity index (χ3v) is 2.99. The van der Waals surface area contributed by atoms with Crippen LogP contribution in [-0.4, -0.2) is 9.97 Å². The minimum absolute atomic E-state index is 0.575. The number of nitrogen functional groups attached to an aromatic ring is 1. The third-order valence-electron chi connectivity index (χ3n) is 2.31. The molecule has 0 bridgehead atoms. The molecule has 0 aliphatic rings. The first-order valence-corrected chi connectivity index (χ1v) is 5.69. The van der Waals surface area contributed by atoms with Gasteiger partial charge >= 0.3 is 0 Å². The molecule has 0 fully saturated rings. The minimum Gasteiger partial charge on any atom is -0.441 e. The number of oxazole rings is 1. The number of anilines is 1. The highest BCUT2D eigenvalue weighted by molar-refractivity contribution is 7.13. The number of nitrogens with zero attached hydrogens (tertiary/aromatic N) is 2. The van der Waals surface area contributed by atoms with Crippen molar-refractivity contribution in [1.82, 2.24) is 9.97 Å². The van der Waals surface area contributed by atoms with E-state index in [1.54, 1.807) is 0 Å². The lowest BCUT2D eigenvalue weighted by Gasteiger charge is -1.94. The highest BCUT2D eigenvalue weighted by Gasteiger charge is 2.06. The number of aryl methyl sites for hydroxylation is 1. The molecule has 2 N–H and O–H groups in total. The second-order valence-electron chi connectivity index (χ2n) is 3.49. The Kier molecular flexibility index (Phi) is 1.94. The molecule has 80 valence electrons. The standard InChI is InChI=1S/C11H9N3OS/c1-6-13-8-4-7(2-3-10(8)15-6)9-5-16-11(12)14-9/h2-5H,1H3,(H2,12,14). The van der Waals surface area contributed by atoms with Crippen LogP contribution in [-0.2, 0) is 0 Å². The topological polar surface area (TPSA) is 64.9 Å². The van der Waals surface area contributed by atoms with E-state index in [9.17, 15) is 0 Å². The lowest BCUT2D eigenvalue weighted by molar-refractivity contribution is 0.561. The van der Waals surface area contributed by atoms with Crippen LogP contribution >= 0.6 is 11.3 Å². The van der Waals surface area contributed by atoms with Gasteiger partial charge in [0.15, 0.2) is 16.6 Å².